The number of fused-ring (bicyclic) bond motifs is 1. The second kappa shape index (κ2) is 8.36. The molecule has 172 valence electrons. The molecule has 0 amide bonds. The SMILES string of the molecule is Cc1ccc(C(O)c2ccc3c(nnn3CC3CC3)c2C)nc1CO[Si](C)(C)C(C)(C)C. The number of aromatic nitrogens is 4. The Labute approximate surface area is 192 Å². The first kappa shape index (κ1) is 23.1. The van der Waals surface area contributed by atoms with Crippen LogP contribution in [0.3, 0.4) is 0 Å². The molecule has 1 aliphatic carbocycles. The Hall–Kier alpha value is -2.09. The van der Waals surface area contributed by atoms with Crippen molar-refractivity contribution in [2.24, 2.45) is 5.92 Å². The van der Waals surface area contributed by atoms with Crippen LogP contribution >= 0.6 is 0 Å². The molecule has 0 aliphatic heterocycles. The molecule has 1 saturated carbocycles. The fraction of sp³-hybridized carbons (Fsp3) is 0.560. The van der Waals surface area contributed by atoms with Gasteiger partial charge in [-0.15, -0.1) is 5.10 Å². The van der Waals surface area contributed by atoms with Gasteiger partial charge in [-0.05, 0) is 79.6 Å². The number of rotatable bonds is 7. The molecule has 7 heteroatoms. The number of aliphatic hydroxyl groups is 1. The number of benzene rings is 1. The molecule has 6 nitrogen and oxygen atoms in total. The van der Waals surface area contributed by atoms with Crippen LogP contribution in [0.2, 0.25) is 18.1 Å². The lowest BCUT2D eigenvalue weighted by Gasteiger charge is -2.36. The molecule has 1 unspecified atom stereocenters. The Kier molecular flexibility index (Phi) is 6.03. The summed E-state index contributed by atoms with van der Waals surface area (Å²) in [6.45, 7) is 16.6. The molecule has 1 aliphatic rings. The van der Waals surface area contributed by atoms with Crippen LogP contribution in [0.5, 0.6) is 0 Å². The molecule has 32 heavy (non-hydrogen) atoms. The van der Waals surface area contributed by atoms with Crippen molar-refractivity contribution in [2.45, 2.75) is 84.8 Å². The van der Waals surface area contributed by atoms with Crippen molar-refractivity contribution in [3.63, 3.8) is 0 Å². The summed E-state index contributed by atoms with van der Waals surface area (Å²) in [5.41, 5.74) is 6.27. The van der Waals surface area contributed by atoms with E-state index in [1.54, 1.807) is 0 Å². The molecule has 3 aromatic rings. The highest BCUT2D eigenvalue weighted by atomic mass is 28.4. The van der Waals surface area contributed by atoms with Crippen LogP contribution in [0.1, 0.15) is 67.8 Å². The van der Waals surface area contributed by atoms with Crippen molar-refractivity contribution >= 4 is 19.4 Å². The van der Waals surface area contributed by atoms with E-state index in [0.29, 0.717) is 12.3 Å². The molecular formula is C25H36N4O2Si. The van der Waals surface area contributed by atoms with Gasteiger partial charge in [0.1, 0.15) is 11.6 Å². The van der Waals surface area contributed by atoms with Gasteiger partial charge >= 0.3 is 0 Å². The second-order valence-corrected chi connectivity index (χ2v) is 15.6. The maximum atomic E-state index is 11.2. The fourth-order valence-electron chi connectivity index (χ4n) is 3.67. The number of hydrogen-bond acceptors (Lipinski definition) is 5. The maximum absolute atomic E-state index is 11.2. The van der Waals surface area contributed by atoms with E-state index in [1.807, 2.05) is 42.8 Å². The molecule has 0 bridgehead atoms. The van der Waals surface area contributed by atoms with Gasteiger partial charge in [0.2, 0.25) is 0 Å². The van der Waals surface area contributed by atoms with E-state index >= 15 is 0 Å². The summed E-state index contributed by atoms with van der Waals surface area (Å²) < 4.78 is 8.39. The smallest absolute Gasteiger partial charge is 0.192 e. The predicted octanol–water partition coefficient (Wildman–Crippen LogP) is 5.46. The normalized spacial score (nSPS) is 16.0. The van der Waals surface area contributed by atoms with Crippen molar-refractivity contribution in [3.05, 3.63) is 52.3 Å². The van der Waals surface area contributed by atoms with E-state index < -0.39 is 14.4 Å². The number of nitrogens with zero attached hydrogens (tertiary/aromatic N) is 4. The highest BCUT2D eigenvalue weighted by molar-refractivity contribution is 6.74. The monoisotopic (exact) mass is 452 g/mol. The first-order chi connectivity index (χ1) is 15.0. The van der Waals surface area contributed by atoms with E-state index in [-0.39, 0.29) is 5.04 Å². The van der Waals surface area contributed by atoms with Crippen molar-refractivity contribution in [2.75, 3.05) is 0 Å². The van der Waals surface area contributed by atoms with Gasteiger partial charge < -0.3 is 9.53 Å². The highest BCUT2D eigenvalue weighted by Gasteiger charge is 2.37. The fourth-order valence-corrected chi connectivity index (χ4v) is 4.60. The number of aliphatic hydroxyl groups excluding tert-OH is 1. The Morgan fingerprint density at radius 3 is 2.53 bits per heavy atom. The third kappa shape index (κ3) is 4.51. The van der Waals surface area contributed by atoms with E-state index in [0.717, 1.165) is 45.9 Å². The number of aryl methyl sites for hydroxylation is 2. The van der Waals surface area contributed by atoms with Gasteiger partial charge in [0.25, 0.3) is 0 Å². The van der Waals surface area contributed by atoms with E-state index in [2.05, 4.69) is 44.2 Å². The van der Waals surface area contributed by atoms with Crippen LogP contribution in [0.4, 0.5) is 0 Å². The molecule has 0 saturated heterocycles. The third-order valence-corrected chi connectivity index (χ3v) is 11.8. The first-order valence-corrected chi connectivity index (χ1v) is 14.5. The summed E-state index contributed by atoms with van der Waals surface area (Å²) in [6, 6.07) is 7.94. The summed E-state index contributed by atoms with van der Waals surface area (Å²) >= 11 is 0. The van der Waals surface area contributed by atoms with Crippen LogP contribution in [-0.4, -0.2) is 33.4 Å². The zero-order chi connectivity index (χ0) is 23.3. The Morgan fingerprint density at radius 2 is 1.88 bits per heavy atom. The second-order valence-electron chi connectivity index (χ2n) is 10.8. The zero-order valence-corrected chi connectivity index (χ0v) is 21.4. The Morgan fingerprint density at radius 1 is 1.16 bits per heavy atom. The van der Waals surface area contributed by atoms with Gasteiger partial charge in [0, 0.05) is 6.54 Å². The van der Waals surface area contributed by atoms with Gasteiger partial charge in [0.15, 0.2) is 8.32 Å². The van der Waals surface area contributed by atoms with Crippen LogP contribution in [0, 0.1) is 19.8 Å². The highest BCUT2D eigenvalue weighted by Crippen LogP contribution is 2.37. The average molecular weight is 453 g/mol. The number of hydrogen-bond donors (Lipinski definition) is 1. The van der Waals surface area contributed by atoms with Crippen LogP contribution in [-0.2, 0) is 17.6 Å². The molecule has 1 N–H and O–H groups in total. The van der Waals surface area contributed by atoms with Crippen molar-refractivity contribution in [1.82, 2.24) is 20.0 Å². The van der Waals surface area contributed by atoms with Crippen molar-refractivity contribution in [1.29, 1.82) is 0 Å². The van der Waals surface area contributed by atoms with Crippen LogP contribution in [0.25, 0.3) is 11.0 Å². The largest absolute Gasteiger partial charge is 0.411 e. The van der Waals surface area contributed by atoms with Gasteiger partial charge in [-0.3, -0.25) is 4.98 Å². The topological polar surface area (TPSA) is 73.1 Å². The summed E-state index contributed by atoms with van der Waals surface area (Å²) in [7, 11) is -1.88. The minimum Gasteiger partial charge on any atom is -0.411 e. The summed E-state index contributed by atoms with van der Waals surface area (Å²) in [5.74, 6) is 0.731. The first-order valence-electron chi connectivity index (χ1n) is 11.6. The predicted molar refractivity (Wildman–Crippen MR) is 130 cm³/mol. The lowest BCUT2D eigenvalue weighted by molar-refractivity contribution is 0.213. The quantitative estimate of drug-likeness (QED) is 0.482. The molecule has 0 spiro atoms. The molecular weight excluding hydrogens is 416 g/mol. The lowest BCUT2D eigenvalue weighted by atomic mass is 9.99. The molecule has 1 fully saturated rings. The molecule has 2 aromatic heterocycles. The molecule has 1 aromatic carbocycles. The van der Waals surface area contributed by atoms with Crippen molar-refractivity contribution < 1.29 is 9.53 Å². The van der Waals surface area contributed by atoms with Crippen LogP contribution < -0.4 is 0 Å². The minimum atomic E-state index is -1.88. The molecule has 4 rings (SSSR count). The van der Waals surface area contributed by atoms with Gasteiger partial charge in [0.05, 0.1) is 23.5 Å². The van der Waals surface area contributed by atoms with Crippen LogP contribution in [0.15, 0.2) is 24.3 Å². The van der Waals surface area contributed by atoms with E-state index in [9.17, 15) is 5.11 Å². The number of pyridine rings is 1. The standard InChI is InChI=1S/C25H36N4O2Si/c1-16-8-12-20(26-21(16)15-31-32(6,7)25(3,4)5)24(30)19-11-13-22-23(17(19)2)27-28-29(22)14-18-9-10-18/h8,11-13,18,24,30H,9-10,14-15H2,1-7H3. The Balaban J connectivity index is 1.59. The van der Waals surface area contributed by atoms with Gasteiger partial charge in [-0.1, -0.05) is 38.1 Å². The Bertz CT molecular complexity index is 1130. The van der Waals surface area contributed by atoms with E-state index in [4.69, 9.17) is 9.41 Å². The summed E-state index contributed by atoms with van der Waals surface area (Å²) in [4.78, 5) is 4.81. The molecule has 1 atom stereocenters. The lowest BCUT2D eigenvalue weighted by Crippen LogP contribution is -2.40. The summed E-state index contributed by atoms with van der Waals surface area (Å²) in [5, 5.41) is 20.1. The van der Waals surface area contributed by atoms with E-state index in [1.165, 1.54) is 12.8 Å². The van der Waals surface area contributed by atoms with Crippen molar-refractivity contribution in [3.8, 4) is 0 Å². The minimum absolute atomic E-state index is 0.140. The van der Waals surface area contributed by atoms with Gasteiger partial charge in [-0.25, -0.2) is 4.68 Å². The van der Waals surface area contributed by atoms with Gasteiger partial charge in [-0.2, -0.15) is 0 Å². The average Bonchev–Trinajstić information content (AvgIpc) is 3.44. The zero-order valence-electron chi connectivity index (χ0n) is 20.4. The third-order valence-electron chi connectivity index (χ3n) is 7.28. The molecule has 2 heterocycles. The summed E-state index contributed by atoms with van der Waals surface area (Å²) in [6.07, 6.45) is 1.73. The molecule has 0 radical (unpaired) electrons. The maximum Gasteiger partial charge on any atom is 0.192 e.